The highest BCUT2D eigenvalue weighted by atomic mass is 19.4. The molecule has 0 aromatic heterocycles. The van der Waals surface area contributed by atoms with Crippen molar-refractivity contribution in [2.24, 2.45) is 0 Å². The molecule has 1 heterocycles. The molecule has 0 fully saturated rings. The van der Waals surface area contributed by atoms with Gasteiger partial charge in [-0.05, 0) is 29.2 Å². The molecular formula is C13H14F3NO. The van der Waals surface area contributed by atoms with Gasteiger partial charge < -0.3 is 4.90 Å². The Hall–Kier alpha value is -1.52. The minimum absolute atomic E-state index is 0.185. The lowest BCUT2D eigenvalue weighted by Crippen LogP contribution is -2.17. The van der Waals surface area contributed by atoms with Gasteiger partial charge in [0.2, 0.25) is 0 Å². The smallest absolute Gasteiger partial charge is 0.337 e. The van der Waals surface area contributed by atoms with Gasteiger partial charge in [0.15, 0.2) is 0 Å². The first-order valence-corrected chi connectivity index (χ1v) is 5.71. The van der Waals surface area contributed by atoms with Crippen LogP contribution in [0.2, 0.25) is 0 Å². The summed E-state index contributed by atoms with van der Waals surface area (Å²) in [6.45, 7) is 3.63. The maximum Gasteiger partial charge on any atom is 0.416 e. The molecule has 0 radical (unpaired) electrons. The summed E-state index contributed by atoms with van der Waals surface area (Å²) in [5.74, 6) is -0.480. The summed E-state index contributed by atoms with van der Waals surface area (Å²) >= 11 is 0. The first-order valence-electron chi connectivity index (χ1n) is 5.71. The van der Waals surface area contributed by atoms with Gasteiger partial charge in [0, 0.05) is 19.2 Å². The third-order valence-corrected chi connectivity index (χ3v) is 3.19. The number of alkyl halides is 3. The molecule has 5 heteroatoms. The topological polar surface area (TPSA) is 20.3 Å². The van der Waals surface area contributed by atoms with Crippen molar-refractivity contribution in [1.29, 1.82) is 0 Å². The normalized spacial score (nSPS) is 15.5. The van der Waals surface area contributed by atoms with E-state index in [0.29, 0.717) is 11.1 Å². The van der Waals surface area contributed by atoms with Crippen LogP contribution >= 0.6 is 0 Å². The number of fused-ring (bicyclic) bond motifs is 1. The molecule has 0 N–H and O–H groups in total. The Morgan fingerprint density at radius 2 is 1.89 bits per heavy atom. The highest BCUT2D eigenvalue weighted by Gasteiger charge is 2.37. The molecule has 1 aromatic rings. The van der Waals surface area contributed by atoms with Crippen LogP contribution in [-0.4, -0.2) is 17.9 Å². The molecule has 0 saturated carbocycles. The van der Waals surface area contributed by atoms with Crippen LogP contribution in [0.4, 0.5) is 13.2 Å². The van der Waals surface area contributed by atoms with E-state index in [0.717, 1.165) is 6.07 Å². The van der Waals surface area contributed by atoms with Gasteiger partial charge in [-0.15, -0.1) is 0 Å². The molecule has 0 saturated heterocycles. The summed E-state index contributed by atoms with van der Waals surface area (Å²) in [6, 6.07) is 2.51. The zero-order valence-corrected chi connectivity index (χ0v) is 10.4. The van der Waals surface area contributed by atoms with Crippen molar-refractivity contribution in [2.75, 3.05) is 7.05 Å². The number of carbonyl (C=O) groups excluding carboxylic acids is 1. The average molecular weight is 257 g/mol. The molecule has 1 aliphatic heterocycles. The fraction of sp³-hybridized carbons (Fsp3) is 0.462. The van der Waals surface area contributed by atoms with Crippen molar-refractivity contribution in [3.63, 3.8) is 0 Å². The second kappa shape index (κ2) is 4.00. The second-order valence-corrected chi connectivity index (χ2v) is 4.91. The Labute approximate surface area is 103 Å². The second-order valence-electron chi connectivity index (χ2n) is 4.91. The van der Waals surface area contributed by atoms with Crippen LogP contribution in [0.5, 0.6) is 0 Å². The van der Waals surface area contributed by atoms with Gasteiger partial charge in [-0.25, -0.2) is 0 Å². The van der Waals surface area contributed by atoms with Gasteiger partial charge in [0.25, 0.3) is 5.91 Å². The van der Waals surface area contributed by atoms with Gasteiger partial charge in [-0.1, -0.05) is 13.8 Å². The maximum atomic E-state index is 13.0. The van der Waals surface area contributed by atoms with Crippen molar-refractivity contribution in [1.82, 2.24) is 4.90 Å². The first-order chi connectivity index (χ1) is 8.21. The highest BCUT2D eigenvalue weighted by molar-refractivity contribution is 5.98. The predicted octanol–water partition coefficient (Wildman–Crippen LogP) is 3.41. The highest BCUT2D eigenvalue weighted by Crippen LogP contribution is 2.38. The minimum Gasteiger partial charge on any atom is -0.337 e. The van der Waals surface area contributed by atoms with Gasteiger partial charge in [-0.3, -0.25) is 4.79 Å². The van der Waals surface area contributed by atoms with E-state index in [1.54, 1.807) is 20.9 Å². The molecule has 2 nitrogen and oxygen atoms in total. The molecule has 1 aliphatic rings. The average Bonchev–Trinajstić information content (AvgIpc) is 2.52. The molecule has 0 unspecified atom stereocenters. The molecule has 18 heavy (non-hydrogen) atoms. The SMILES string of the molecule is CC(C)c1cc2c(cc1C(F)(F)F)CN(C)C2=O. The zero-order valence-electron chi connectivity index (χ0n) is 10.4. The Morgan fingerprint density at radius 1 is 1.28 bits per heavy atom. The van der Waals surface area contributed by atoms with E-state index in [1.807, 2.05) is 0 Å². The van der Waals surface area contributed by atoms with Crippen molar-refractivity contribution in [2.45, 2.75) is 32.5 Å². The molecule has 98 valence electrons. The summed E-state index contributed by atoms with van der Waals surface area (Å²) < 4.78 is 38.9. The summed E-state index contributed by atoms with van der Waals surface area (Å²) in [4.78, 5) is 13.2. The Bertz CT molecular complexity index is 506. The van der Waals surface area contributed by atoms with Crippen LogP contribution < -0.4 is 0 Å². The number of hydrogen-bond acceptors (Lipinski definition) is 1. The third-order valence-electron chi connectivity index (χ3n) is 3.19. The van der Waals surface area contributed by atoms with Gasteiger partial charge in [0.05, 0.1) is 5.56 Å². The lowest BCUT2D eigenvalue weighted by atomic mass is 9.92. The zero-order chi connectivity index (χ0) is 13.7. The summed E-state index contributed by atoms with van der Waals surface area (Å²) in [5, 5.41) is 0. The third kappa shape index (κ3) is 1.98. The molecular weight excluding hydrogens is 243 g/mol. The fourth-order valence-corrected chi connectivity index (χ4v) is 2.25. The molecule has 1 amide bonds. The molecule has 1 aromatic carbocycles. The van der Waals surface area contributed by atoms with Gasteiger partial charge in [0.1, 0.15) is 0 Å². The lowest BCUT2D eigenvalue weighted by Gasteiger charge is -2.16. The van der Waals surface area contributed by atoms with E-state index in [2.05, 4.69) is 0 Å². The van der Waals surface area contributed by atoms with Crippen LogP contribution in [0, 0.1) is 0 Å². The van der Waals surface area contributed by atoms with Crippen LogP contribution in [0.15, 0.2) is 12.1 Å². The van der Waals surface area contributed by atoms with Gasteiger partial charge in [-0.2, -0.15) is 13.2 Å². The quantitative estimate of drug-likeness (QED) is 0.755. The van der Waals surface area contributed by atoms with Crippen LogP contribution in [0.1, 0.15) is 46.8 Å². The van der Waals surface area contributed by atoms with Crippen molar-refractivity contribution < 1.29 is 18.0 Å². The van der Waals surface area contributed by atoms with E-state index in [9.17, 15) is 18.0 Å². The first kappa shape index (κ1) is 12.9. The van der Waals surface area contributed by atoms with Crippen molar-refractivity contribution in [3.8, 4) is 0 Å². The fourth-order valence-electron chi connectivity index (χ4n) is 2.25. The van der Waals surface area contributed by atoms with Crippen molar-refractivity contribution >= 4 is 5.91 Å². The predicted molar refractivity (Wildman–Crippen MR) is 61.3 cm³/mol. The van der Waals surface area contributed by atoms with Crippen LogP contribution in [-0.2, 0) is 12.7 Å². The number of halogens is 3. The van der Waals surface area contributed by atoms with E-state index >= 15 is 0 Å². The summed E-state index contributed by atoms with van der Waals surface area (Å²) in [5.41, 5.74) is 0.415. The summed E-state index contributed by atoms with van der Waals surface area (Å²) in [7, 11) is 1.59. The molecule has 0 spiro atoms. The molecule has 0 bridgehead atoms. The van der Waals surface area contributed by atoms with Crippen LogP contribution in [0.3, 0.4) is 0 Å². The van der Waals surface area contributed by atoms with E-state index in [1.165, 1.54) is 11.0 Å². The monoisotopic (exact) mass is 257 g/mol. The number of carbonyl (C=O) groups is 1. The standard InChI is InChI=1S/C13H14F3NO/c1-7(2)9-5-10-8(6-17(3)12(10)18)4-11(9)13(14,15)16/h4-5,7H,6H2,1-3H3. The number of benzene rings is 1. The van der Waals surface area contributed by atoms with E-state index < -0.39 is 11.7 Å². The number of nitrogens with zero attached hydrogens (tertiary/aromatic N) is 1. The molecule has 2 rings (SSSR count). The minimum atomic E-state index is -4.38. The molecule has 0 aliphatic carbocycles. The number of rotatable bonds is 1. The van der Waals surface area contributed by atoms with E-state index in [4.69, 9.17) is 0 Å². The Balaban J connectivity index is 2.64. The van der Waals surface area contributed by atoms with Gasteiger partial charge >= 0.3 is 6.18 Å². The number of hydrogen-bond donors (Lipinski definition) is 0. The molecule has 0 atom stereocenters. The largest absolute Gasteiger partial charge is 0.416 e. The maximum absolute atomic E-state index is 13.0. The van der Waals surface area contributed by atoms with Crippen LogP contribution in [0.25, 0.3) is 0 Å². The summed E-state index contributed by atoms with van der Waals surface area (Å²) in [6.07, 6.45) is -4.38. The Kier molecular flexibility index (Phi) is 2.87. The lowest BCUT2D eigenvalue weighted by molar-refractivity contribution is -0.138. The Morgan fingerprint density at radius 3 is 2.39 bits per heavy atom. The van der Waals surface area contributed by atoms with Crippen molar-refractivity contribution in [3.05, 3.63) is 34.4 Å². The number of amides is 1. The van der Waals surface area contributed by atoms with E-state index in [-0.39, 0.29) is 23.9 Å².